The Bertz CT molecular complexity index is 847. The first-order valence-corrected chi connectivity index (χ1v) is 7.17. The summed E-state index contributed by atoms with van der Waals surface area (Å²) in [5.41, 5.74) is 2.71. The number of aromatic nitrogens is 3. The van der Waals surface area contributed by atoms with Gasteiger partial charge in [0.05, 0.1) is 5.56 Å². The van der Waals surface area contributed by atoms with Crippen molar-refractivity contribution in [1.29, 1.82) is 0 Å². The lowest BCUT2D eigenvalue weighted by Gasteiger charge is -2.03. The van der Waals surface area contributed by atoms with Gasteiger partial charge in [-0.1, -0.05) is 11.2 Å². The van der Waals surface area contributed by atoms with E-state index in [0.29, 0.717) is 18.5 Å². The summed E-state index contributed by atoms with van der Waals surface area (Å²) in [6.07, 6.45) is 1.73. The van der Waals surface area contributed by atoms with Crippen molar-refractivity contribution >= 4 is 6.01 Å². The summed E-state index contributed by atoms with van der Waals surface area (Å²) < 4.78 is 16.3. The average molecular weight is 310 g/mol. The van der Waals surface area contributed by atoms with E-state index in [1.165, 1.54) is 0 Å². The lowest BCUT2D eigenvalue weighted by molar-refractivity contribution is 0.174. The maximum Gasteiger partial charge on any atom is 0.316 e. The van der Waals surface area contributed by atoms with Crippen LogP contribution in [-0.2, 0) is 6.54 Å². The molecule has 0 saturated carbocycles. The van der Waals surface area contributed by atoms with Crippen molar-refractivity contribution < 1.29 is 13.9 Å². The third-order valence-corrected chi connectivity index (χ3v) is 3.54. The maximum absolute atomic E-state index is 5.64. The van der Waals surface area contributed by atoms with Crippen molar-refractivity contribution in [3.8, 4) is 23.0 Å². The molecular formula is C16H14N4O3. The number of hydrogen-bond donors (Lipinski definition) is 1. The third-order valence-electron chi connectivity index (χ3n) is 3.54. The van der Waals surface area contributed by atoms with Gasteiger partial charge in [-0.25, -0.2) is 0 Å². The summed E-state index contributed by atoms with van der Waals surface area (Å²) in [5, 5.41) is 11.2. The van der Waals surface area contributed by atoms with Gasteiger partial charge in [0, 0.05) is 18.4 Å². The molecule has 1 aromatic carbocycles. The van der Waals surface area contributed by atoms with Gasteiger partial charge in [0.1, 0.15) is 0 Å². The van der Waals surface area contributed by atoms with Crippen molar-refractivity contribution in [1.82, 2.24) is 15.2 Å². The van der Waals surface area contributed by atoms with Gasteiger partial charge in [-0.15, -0.1) is 5.10 Å². The van der Waals surface area contributed by atoms with Crippen LogP contribution in [0.25, 0.3) is 11.5 Å². The largest absolute Gasteiger partial charge is 0.454 e. The Kier molecular flexibility index (Phi) is 3.30. The van der Waals surface area contributed by atoms with Crippen LogP contribution in [0.1, 0.15) is 11.3 Å². The van der Waals surface area contributed by atoms with E-state index < -0.39 is 0 Å². The predicted molar refractivity (Wildman–Crippen MR) is 82.2 cm³/mol. The molecule has 0 fully saturated rings. The summed E-state index contributed by atoms with van der Waals surface area (Å²) >= 11 is 0. The van der Waals surface area contributed by atoms with Crippen LogP contribution in [-0.4, -0.2) is 22.0 Å². The number of fused-ring (bicyclic) bond motifs is 1. The van der Waals surface area contributed by atoms with Gasteiger partial charge in [0.25, 0.3) is 5.89 Å². The number of nitrogens with zero attached hydrogens (tertiary/aromatic N) is 3. The molecule has 0 atom stereocenters. The highest BCUT2D eigenvalue weighted by molar-refractivity contribution is 5.56. The molecule has 2 aromatic heterocycles. The molecular weight excluding hydrogens is 296 g/mol. The second kappa shape index (κ2) is 5.60. The Hall–Kier alpha value is -3.09. The molecule has 0 unspecified atom stereocenters. The van der Waals surface area contributed by atoms with Gasteiger partial charge in [-0.3, -0.25) is 4.98 Å². The molecule has 116 valence electrons. The van der Waals surface area contributed by atoms with Crippen LogP contribution in [0.2, 0.25) is 0 Å². The molecule has 1 aliphatic heterocycles. The molecule has 23 heavy (non-hydrogen) atoms. The monoisotopic (exact) mass is 310 g/mol. The molecule has 1 N–H and O–H groups in total. The maximum atomic E-state index is 5.64. The first-order chi connectivity index (χ1) is 11.3. The molecule has 3 aromatic rings. The molecule has 0 aliphatic carbocycles. The van der Waals surface area contributed by atoms with Crippen molar-refractivity contribution in [3.05, 3.63) is 47.8 Å². The minimum absolute atomic E-state index is 0.268. The minimum atomic E-state index is 0.268. The van der Waals surface area contributed by atoms with E-state index in [9.17, 15) is 0 Å². The van der Waals surface area contributed by atoms with Crippen molar-refractivity contribution in [3.63, 3.8) is 0 Å². The smallest absolute Gasteiger partial charge is 0.316 e. The number of aryl methyl sites for hydroxylation is 1. The standard InChI is InChI=1S/C16H14N4O3/c1-10-12(3-2-6-17-10)15-19-20-16(23-15)18-8-11-4-5-13-14(7-11)22-9-21-13/h2-7H,8-9H2,1H3,(H,18,20). The molecule has 0 spiro atoms. The second-order valence-corrected chi connectivity index (χ2v) is 5.09. The number of anilines is 1. The zero-order valence-electron chi connectivity index (χ0n) is 12.4. The van der Waals surface area contributed by atoms with Gasteiger partial charge < -0.3 is 19.2 Å². The van der Waals surface area contributed by atoms with Gasteiger partial charge in [-0.2, -0.15) is 0 Å². The van der Waals surface area contributed by atoms with Crippen molar-refractivity contribution in [2.45, 2.75) is 13.5 Å². The molecule has 0 saturated heterocycles. The number of pyridine rings is 1. The van der Waals surface area contributed by atoms with Crippen LogP contribution in [0.15, 0.2) is 40.9 Å². The molecule has 1 aliphatic rings. The fourth-order valence-corrected chi connectivity index (χ4v) is 2.34. The first-order valence-electron chi connectivity index (χ1n) is 7.17. The lowest BCUT2D eigenvalue weighted by Crippen LogP contribution is -1.99. The lowest BCUT2D eigenvalue weighted by atomic mass is 10.2. The van der Waals surface area contributed by atoms with Crippen LogP contribution in [0.4, 0.5) is 6.01 Å². The second-order valence-electron chi connectivity index (χ2n) is 5.09. The average Bonchev–Trinajstić information content (AvgIpc) is 3.22. The van der Waals surface area contributed by atoms with Crippen LogP contribution in [0.5, 0.6) is 11.5 Å². The van der Waals surface area contributed by atoms with Crippen LogP contribution in [0.3, 0.4) is 0 Å². The van der Waals surface area contributed by atoms with E-state index >= 15 is 0 Å². The summed E-state index contributed by atoms with van der Waals surface area (Å²) in [6.45, 7) is 2.72. The third kappa shape index (κ3) is 2.68. The summed E-state index contributed by atoms with van der Waals surface area (Å²) in [6, 6.07) is 9.88. The van der Waals surface area contributed by atoms with Gasteiger partial charge in [-0.05, 0) is 36.8 Å². The first kappa shape index (κ1) is 13.6. The fourth-order valence-electron chi connectivity index (χ4n) is 2.34. The summed E-state index contributed by atoms with van der Waals surface area (Å²) in [4.78, 5) is 4.22. The van der Waals surface area contributed by atoms with Crippen LogP contribution in [0, 0.1) is 6.92 Å². The SMILES string of the molecule is Cc1ncccc1-c1nnc(NCc2ccc3c(c2)OCO3)o1. The zero-order valence-corrected chi connectivity index (χ0v) is 12.4. The van der Waals surface area contributed by atoms with E-state index in [1.54, 1.807) is 6.20 Å². The minimum Gasteiger partial charge on any atom is -0.454 e. The Morgan fingerprint density at radius 2 is 2.04 bits per heavy atom. The molecule has 4 rings (SSSR count). The van der Waals surface area contributed by atoms with Crippen molar-refractivity contribution in [2.75, 3.05) is 12.1 Å². The highest BCUT2D eigenvalue weighted by Gasteiger charge is 2.14. The Balaban J connectivity index is 1.47. The van der Waals surface area contributed by atoms with Crippen molar-refractivity contribution in [2.24, 2.45) is 0 Å². The van der Waals surface area contributed by atoms with E-state index in [1.807, 2.05) is 37.3 Å². The molecule has 0 amide bonds. The van der Waals surface area contributed by atoms with Crippen LogP contribution < -0.4 is 14.8 Å². The topological polar surface area (TPSA) is 82.3 Å². The highest BCUT2D eigenvalue weighted by atomic mass is 16.7. The number of ether oxygens (including phenoxy) is 2. The number of hydrogen-bond acceptors (Lipinski definition) is 7. The molecule has 0 bridgehead atoms. The van der Waals surface area contributed by atoms with Gasteiger partial charge >= 0.3 is 6.01 Å². The fraction of sp³-hybridized carbons (Fsp3) is 0.188. The van der Waals surface area contributed by atoms with Crippen LogP contribution >= 0.6 is 0 Å². The van der Waals surface area contributed by atoms with E-state index in [2.05, 4.69) is 20.5 Å². The van der Waals surface area contributed by atoms with E-state index in [0.717, 1.165) is 28.3 Å². The quantitative estimate of drug-likeness (QED) is 0.793. The van der Waals surface area contributed by atoms with E-state index in [4.69, 9.17) is 13.9 Å². The zero-order chi connectivity index (χ0) is 15.6. The number of rotatable bonds is 4. The molecule has 0 radical (unpaired) electrons. The summed E-state index contributed by atoms with van der Waals surface area (Å²) in [5.74, 6) is 1.96. The predicted octanol–water partition coefficient (Wildman–Crippen LogP) is 2.78. The summed E-state index contributed by atoms with van der Waals surface area (Å²) in [7, 11) is 0. The Morgan fingerprint density at radius 3 is 2.96 bits per heavy atom. The molecule has 7 nitrogen and oxygen atoms in total. The van der Waals surface area contributed by atoms with Gasteiger partial charge in [0.15, 0.2) is 11.5 Å². The Labute approximate surface area is 132 Å². The normalized spacial score (nSPS) is 12.4. The molecule has 3 heterocycles. The highest BCUT2D eigenvalue weighted by Crippen LogP contribution is 2.32. The van der Waals surface area contributed by atoms with E-state index in [-0.39, 0.29) is 6.79 Å². The molecule has 7 heteroatoms. The number of nitrogens with one attached hydrogen (secondary N) is 1. The number of benzene rings is 1. The van der Waals surface area contributed by atoms with Gasteiger partial charge in [0.2, 0.25) is 6.79 Å². The Morgan fingerprint density at radius 1 is 1.13 bits per heavy atom.